The zero-order chi connectivity index (χ0) is 18.0. The Morgan fingerprint density at radius 2 is 1.62 bits per heavy atom. The quantitative estimate of drug-likeness (QED) is 0.660. The first-order valence-corrected chi connectivity index (χ1v) is 9.75. The van der Waals surface area contributed by atoms with Crippen molar-refractivity contribution in [2.24, 2.45) is 4.40 Å². The predicted molar refractivity (Wildman–Crippen MR) is 101 cm³/mol. The third-order valence-corrected chi connectivity index (χ3v) is 5.36. The fourth-order valence-corrected chi connectivity index (χ4v) is 3.66. The molecule has 0 radical (unpaired) electrons. The Hall–Kier alpha value is -2.86. The largest absolute Gasteiger partial charge is 0.490 e. The van der Waals surface area contributed by atoms with Gasteiger partial charge in [0, 0.05) is 18.7 Å². The molecule has 0 bridgehead atoms. The van der Waals surface area contributed by atoms with Crippen LogP contribution in [0.15, 0.2) is 70.0 Å². The van der Waals surface area contributed by atoms with Crippen molar-refractivity contribution in [2.45, 2.75) is 11.3 Å². The van der Waals surface area contributed by atoms with Crippen LogP contribution in [0.5, 0.6) is 11.5 Å². The van der Waals surface area contributed by atoms with Gasteiger partial charge in [0.1, 0.15) is 0 Å². The van der Waals surface area contributed by atoms with Crippen molar-refractivity contribution in [3.05, 3.63) is 66.2 Å². The topological polar surface area (TPSA) is 65.0 Å². The van der Waals surface area contributed by atoms with Gasteiger partial charge in [-0.25, -0.2) is 0 Å². The molecule has 26 heavy (non-hydrogen) atoms. The van der Waals surface area contributed by atoms with Crippen LogP contribution in [-0.2, 0) is 10.0 Å². The first-order chi connectivity index (χ1) is 12.6. The summed E-state index contributed by atoms with van der Waals surface area (Å²) in [6.07, 6.45) is 2.13. The number of ether oxygens (including phenoxy) is 2. The van der Waals surface area contributed by atoms with Crippen molar-refractivity contribution in [1.29, 1.82) is 0 Å². The van der Waals surface area contributed by atoms with Crippen molar-refractivity contribution in [2.75, 3.05) is 13.2 Å². The Morgan fingerprint density at radius 3 is 2.46 bits per heavy atom. The highest BCUT2D eigenvalue weighted by Crippen LogP contribution is 2.32. The molecule has 0 atom stereocenters. The lowest BCUT2D eigenvalue weighted by molar-refractivity contribution is 0.297. The molecule has 3 aromatic carbocycles. The standard InChI is InChI=1S/C20H17NO4S/c22-26(23,18-8-9-19-20(13-18)25-11-3-10-24-19)21-14-15-6-7-16-4-1-2-5-17(16)12-15/h1-2,4-9,12-14H,3,10-11H2. The lowest BCUT2D eigenvalue weighted by atomic mass is 10.1. The predicted octanol–water partition coefficient (Wildman–Crippen LogP) is 3.81. The molecule has 0 spiro atoms. The van der Waals surface area contributed by atoms with E-state index in [1.807, 2.05) is 42.5 Å². The van der Waals surface area contributed by atoms with E-state index in [1.54, 1.807) is 6.07 Å². The maximum atomic E-state index is 12.5. The first-order valence-electron chi connectivity index (χ1n) is 8.31. The van der Waals surface area contributed by atoms with E-state index in [2.05, 4.69) is 4.40 Å². The van der Waals surface area contributed by atoms with Crippen LogP contribution in [-0.4, -0.2) is 27.8 Å². The number of fused-ring (bicyclic) bond motifs is 2. The SMILES string of the molecule is O=S(=O)(N=Cc1ccc2ccccc2c1)c1ccc2c(c1)OCCCO2. The van der Waals surface area contributed by atoms with Gasteiger partial charge in [-0.2, -0.15) is 12.8 Å². The molecule has 0 saturated carbocycles. The summed E-state index contributed by atoms with van der Waals surface area (Å²) >= 11 is 0. The number of hydrogen-bond donors (Lipinski definition) is 0. The molecule has 0 unspecified atom stereocenters. The summed E-state index contributed by atoms with van der Waals surface area (Å²) in [4.78, 5) is 0.0822. The van der Waals surface area contributed by atoms with E-state index >= 15 is 0 Å². The summed E-state index contributed by atoms with van der Waals surface area (Å²) in [6, 6.07) is 18.1. The highest BCUT2D eigenvalue weighted by molar-refractivity contribution is 7.90. The maximum absolute atomic E-state index is 12.5. The molecule has 1 aliphatic rings. The molecule has 132 valence electrons. The molecule has 0 N–H and O–H groups in total. The minimum atomic E-state index is -3.82. The fraction of sp³-hybridized carbons (Fsp3) is 0.150. The number of hydrogen-bond acceptors (Lipinski definition) is 4. The second kappa shape index (κ2) is 6.80. The number of sulfonamides is 1. The Labute approximate surface area is 152 Å². The van der Waals surface area contributed by atoms with Crippen LogP contribution >= 0.6 is 0 Å². The lowest BCUT2D eigenvalue weighted by Gasteiger charge is -2.08. The van der Waals surface area contributed by atoms with Gasteiger partial charge in [0.15, 0.2) is 11.5 Å². The minimum absolute atomic E-state index is 0.0822. The summed E-state index contributed by atoms with van der Waals surface area (Å²) in [6.45, 7) is 1.05. The van der Waals surface area contributed by atoms with Gasteiger partial charge in [0.25, 0.3) is 10.0 Å². The van der Waals surface area contributed by atoms with Gasteiger partial charge in [-0.3, -0.25) is 0 Å². The van der Waals surface area contributed by atoms with Crippen LogP contribution in [0.4, 0.5) is 0 Å². The fourth-order valence-electron chi connectivity index (χ4n) is 2.78. The van der Waals surface area contributed by atoms with Gasteiger partial charge in [-0.15, -0.1) is 0 Å². The van der Waals surface area contributed by atoms with E-state index in [1.165, 1.54) is 18.3 Å². The normalized spacial score (nSPS) is 14.5. The van der Waals surface area contributed by atoms with Gasteiger partial charge in [-0.1, -0.05) is 36.4 Å². The molecule has 1 aliphatic heterocycles. The number of rotatable bonds is 3. The molecule has 1 heterocycles. The number of benzene rings is 3. The van der Waals surface area contributed by atoms with Gasteiger partial charge in [0.05, 0.1) is 18.1 Å². The molecule has 4 rings (SSSR count). The van der Waals surface area contributed by atoms with Crippen molar-refractivity contribution < 1.29 is 17.9 Å². The van der Waals surface area contributed by atoms with Gasteiger partial charge in [0.2, 0.25) is 0 Å². The van der Waals surface area contributed by atoms with E-state index in [0.29, 0.717) is 24.7 Å². The molecular weight excluding hydrogens is 350 g/mol. The third-order valence-electron chi connectivity index (χ3n) is 4.13. The maximum Gasteiger partial charge on any atom is 0.282 e. The molecule has 0 saturated heterocycles. The molecular formula is C20H17NO4S. The molecule has 0 amide bonds. The van der Waals surface area contributed by atoms with E-state index < -0.39 is 10.0 Å². The molecule has 0 aliphatic carbocycles. The van der Waals surface area contributed by atoms with Crippen LogP contribution in [0.2, 0.25) is 0 Å². The summed E-state index contributed by atoms with van der Waals surface area (Å²) in [5.74, 6) is 0.990. The summed E-state index contributed by atoms with van der Waals surface area (Å²) in [5.41, 5.74) is 0.724. The van der Waals surface area contributed by atoms with Gasteiger partial charge >= 0.3 is 0 Å². The molecule has 3 aromatic rings. The average Bonchev–Trinajstić information content (AvgIpc) is 2.91. The van der Waals surface area contributed by atoms with Crippen LogP contribution in [0.25, 0.3) is 10.8 Å². The highest BCUT2D eigenvalue weighted by atomic mass is 32.2. The molecule has 5 nitrogen and oxygen atoms in total. The number of nitrogens with zero attached hydrogens (tertiary/aromatic N) is 1. The highest BCUT2D eigenvalue weighted by Gasteiger charge is 2.17. The third kappa shape index (κ3) is 3.41. The Morgan fingerprint density at radius 1 is 0.846 bits per heavy atom. The van der Waals surface area contributed by atoms with Crippen molar-refractivity contribution in [3.63, 3.8) is 0 Å². The van der Waals surface area contributed by atoms with E-state index in [4.69, 9.17) is 9.47 Å². The van der Waals surface area contributed by atoms with Gasteiger partial charge < -0.3 is 9.47 Å². The van der Waals surface area contributed by atoms with Crippen LogP contribution in [0.1, 0.15) is 12.0 Å². The first kappa shape index (κ1) is 16.6. The van der Waals surface area contributed by atoms with Crippen LogP contribution < -0.4 is 9.47 Å². The smallest absolute Gasteiger partial charge is 0.282 e. The Kier molecular flexibility index (Phi) is 4.34. The molecule has 0 fully saturated rings. The summed E-state index contributed by atoms with van der Waals surface area (Å²) < 4.78 is 40.0. The zero-order valence-electron chi connectivity index (χ0n) is 14.0. The van der Waals surface area contributed by atoms with E-state index in [-0.39, 0.29) is 4.90 Å². The molecule has 0 aromatic heterocycles. The average molecular weight is 367 g/mol. The second-order valence-corrected chi connectivity index (χ2v) is 7.61. The Bertz CT molecular complexity index is 1090. The molecule has 6 heteroatoms. The van der Waals surface area contributed by atoms with Crippen LogP contribution in [0.3, 0.4) is 0 Å². The lowest BCUT2D eigenvalue weighted by Crippen LogP contribution is -2.00. The van der Waals surface area contributed by atoms with E-state index in [9.17, 15) is 8.42 Å². The summed E-state index contributed by atoms with van der Waals surface area (Å²) in [7, 11) is -3.82. The Balaban J connectivity index is 1.63. The van der Waals surface area contributed by atoms with E-state index in [0.717, 1.165) is 22.8 Å². The summed E-state index contributed by atoms with van der Waals surface area (Å²) in [5, 5.41) is 2.12. The van der Waals surface area contributed by atoms with Crippen molar-refractivity contribution >= 4 is 27.0 Å². The zero-order valence-corrected chi connectivity index (χ0v) is 14.8. The van der Waals surface area contributed by atoms with Crippen molar-refractivity contribution in [1.82, 2.24) is 0 Å². The van der Waals surface area contributed by atoms with Crippen molar-refractivity contribution in [3.8, 4) is 11.5 Å². The van der Waals surface area contributed by atoms with Crippen LogP contribution in [0, 0.1) is 0 Å². The second-order valence-electron chi connectivity index (χ2n) is 5.98. The monoisotopic (exact) mass is 367 g/mol. The minimum Gasteiger partial charge on any atom is -0.490 e. The van der Waals surface area contributed by atoms with Gasteiger partial charge in [-0.05, 0) is 34.5 Å².